The summed E-state index contributed by atoms with van der Waals surface area (Å²) in [6, 6.07) is 12.2. The molecule has 6 nitrogen and oxygen atoms in total. The number of nitrogens with one attached hydrogen (secondary N) is 1. The molecule has 0 aliphatic rings. The molecule has 2 N–H and O–H groups in total. The monoisotopic (exact) mass is 439 g/mol. The molecule has 8 heteroatoms. The smallest absolute Gasteiger partial charge is 0.407 e. The van der Waals surface area contributed by atoms with Gasteiger partial charge in [0.25, 0.3) is 0 Å². The molecule has 0 aliphatic carbocycles. The zero-order chi connectivity index (χ0) is 21.4. The number of benzene rings is 2. The Hall–Kier alpha value is -2.28. The first-order chi connectivity index (χ1) is 13.7. The summed E-state index contributed by atoms with van der Waals surface area (Å²) in [6.07, 6.45) is -1.46. The van der Waals surface area contributed by atoms with Gasteiger partial charge in [0.05, 0.1) is 6.10 Å². The predicted octanol–water partition coefficient (Wildman–Crippen LogP) is 4.84. The number of halogens is 2. The van der Waals surface area contributed by atoms with Crippen molar-refractivity contribution in [1.29, 1.82) is 0 Å². The van der Waals surface area contributed by atoms with Gasteiger partial charge in [-0.2, -0.15) is 0 Å². The van der Waals surface area contributed by atoms with Crippen molar-refractivity contribution in [2.24, 2.45) is 0 Å². The van der Waals surface area contributed by atoms with Gasteiger partial charge in [-0.15, -0.1) is 0 Å². The van der Waals surface area contributed by atoms with Crippen LogP contribution in [0, 0.1) is 0 Å². The number of amides is 1. The fourth-order valence-electron chi connectivity index (χ4n) is 2.67. The molecule has 1 amide bonds. The minimum atomic E-state index is -1.01. The topological polar surface area (TPSA) is 84.9 Å². The average Bonchev–Trinajstić information content (AvgIpc) is 2.63. The van der Waals surface area contributed by atoms with Crippen LogP contribution in [0.2, 0.25) is 10.0 Å². The molecule has 0 saturated carbocycles. The SMILES string of the molecule is CC(C)O[C@@H](Cc1cccc(CNC(=O)OCc2cc(Cl)cc(Cl)c2)c1)C(=O)O. The van der Waals surface area contributed by atoms with Gasteiger partial charge < -0.3 is 19.9 Å². The second-order valence-corrected chi connectivity index (χ2v) is 7.62. The Kier molecular flexibility index (Phi) is 8.76. The molecule has 29 heavy (non-hydrogen) atoms. The van der Waals surface area contributed by atoms with E-state index >= 15 is 0 Å². The summed E-state index contributed by atoms with van der Waals surface area (Å²) in [5.41, 5.74) is 2.31. The van der Waals surface area contributed by atoms with Gasteiger partial charge in [-0.1, -0.05) is 47.5 Å². The number of alkyl carbamates (subject to hydrolysis) is 1. The van der Waals surface area contributed by atoms with Gasteiger partial charge in [-0.25, -0.2) is 9.59 Å². The van der Waals surface area contributed by atoms with E-state index in [0.29, 0.717) is 15.6 Å². The van der Waals surface area contributed by atoms with E-state index < -0.39 is 18.2 Å². The van der Waals surface area contributed by atoms with Crippen molar-refractivity contribution in [2.75, 3.05) is 0 Å². The maximum Gasteiger partial charge on any atom is 0.407 e. The maximum atomic E-state index is 11.9. The van der Waals surface area contributed by atoms with E-state index in [0.717, 1.165) is 11.1 Å². The summed E-state index contributed by atoms with van der Waals surface area (Å²) in [7, 11) is 0. The molecular weight excluding hydrogens is 417 g/mol. The number of carbonyl (C=O) groups is 2. The van der Waals surface area contributed by atoms with E-state index in [1.807, 2.05) is 18.2 Å². The first-order valence-corrected chi connectivity index (χ1v) is 9.80. The van der Waals surface area contributed by atoms with Crippen molar-refractivity contribution in [3.63, 3.8) is 0 Å². The standard InChI is InChI=1S/C21H23Cl2NO5/c1-13(2)29-19(20(25)26)9-14-4-3-5-15(6-14)11-24-21(27)28-12-16-7-17(22)10-18(23)8-16/h3-8,10,13,19H,9,11-12H2,1-2H3,(H,24,27)(H,25,26)/t19-/m0/s1. The molecular formula is C21H23Cl2NO5. The van der Waals surface area contributed by atoms with Crippen molar-refractivity contribution >= 4 is 35.3 Å². The van der Waals surface area contributed by atoms with E-state index in [2.05, 4.69) is 5.32 Å². The fraction of sp³-hybridized carbons (Fsp3) is 0.333. The lowest BCUT2D eigenvalue weighted by atomic mass is 10.0. The lowest BCUT2D eigenvalue weighted by molar-refractivity contribution is -0.153. The summed E-state index contributed by atoms with van der Waals surface area (Å²) in [5, 5.41) is 12.9. The van der Waals surface area contributed by atoms with Gasteiger partial charge in [-0.05, 0) is 48.7 Å². The predicted molar refractivity (Wildman–Crippen MR) is 111 cm³/mol. The van der Waals surface area contributed by atoms with Crippen LogP contribution in [0.25, 0.3) is 0 Å². The summed E-state index contributed by atoms with van der Waals surface area (Å²) in [4.78, 5) is 23.3. The summed E-state index contributed by atoms with van der Waals surface area (Å²) in [5.74, 6) is -1.01. The third kappa shape index (κ3) is 8.31. The van der Waals surface area contributed by atoms with E-state index in [-0.39, 0.29) is 25.7 Å². The number of hydrogen-bond donors (Lipinski definition) is 2. The van der Waals surface area contributed by atoms with Crippen LogP contribution in [0.15, 0.2) is 42.5 Å². The number of rotatable bonds is 9. The number of carboxylic acids is 1. The highest BCUT2D eigenvalue weighted by atomic mass is 35.5. The van der Waals surface area contributed by atoms with Crippen LogP contribution in [0.1, 0.15) is 30.5 Å². The Morgan fingerprint density at radius 3 is 2.31 bits per heavy atom. The third-order valence-electron chi connectivity index (χ3n) is 3.85. The molecule has 1 atom stereocenters. The number of carbonyl (C=O) groups excluding carboxylic acids is 1. The van der Waals surface area contributed by atoms with E-state index in [9.17, 15) is 14.7 Å². The normalized spacial score (nSPS) is 11.9. The van der Waals surface area contributed by atoms with Crippen molar-refractivity contribution in [2.45, 2.75) is 45.6 Å². The Morgan fingerprint density at radius 2 is 1.69 bits per heavy atom. The van der Waals surface area contributed by atoms with Gasteiger partial charge in [-0.3, -0.25) is 0 Å². The minimum absolute atomic E-state index is 0.0407. The summed E-state index contributed by atoms with van der Waals surface area (Å²) < 4.78 is 10.6. The van der Waals surface area contributed by atoms with Crippen LogP contribution in [0.5, 0.6) is 0 Å². The molecule has 2 aromatic rings. The van der Waals surface area contributed by atoms with Crippen LogP contribution >= 0.6 is 23.2 Å². The molecule has 2 rings (SSSR count). The van der Waals surface area contributed by atoms with Crippen molar-refractivity contribution < 1.29 is 24.2 Å². The van der Waals surface area contributed by atoms with Crippen molar-refractivity contribution in [1.82, 2.24) is 5.32 Å². The Balaban J connectivity index is 1.87. The lowest BCUT2D eigenvalue weighted by Gasteiger charge is -2.17. The minimum Gasteiger partial charge on any atom is -0.479 e. The Labute approximate surface area is 179 Å². The Bertz CT molecular complexity index is 836. The van der Waals surface area contributed by atoms with Gasteiger partial charge >= 0.3 is 12.1 Å². The zero-order valence-electron chi connectivity index (χ0n) is 16.2. The van der Waals surface area contributed by atoms with Crippen LogP contribution in [0.4, 0.5) is 4.79 Å². The molecule has 0 bridgehead atoms. The van der Waals surface area contributed by atoms with Gasteiger partial charge in [0.1, 0.15) is 6.61 Å². The highest BCUT2D eigenvalue weighted by Crippen LogP contribution is 2.19. The molecule has 156 valence electrons. The second-order valence-electron chi connectivity index (χ2n) is 6.74. The van der Waals surface area contributed by atoms with Crippen molar-refractivity contribution in [3.8, 4) is 0 Å². The van der Waals surface area contributed by atoms with Crippen LogP contribution in [0.3, 0.4) is 0 Å². The highest BCUT2D eigenvalue weighted by molar-refractivity contribution is 6.34. The molecule has 0 spiro atoms. The molecule has 0 radical (unpaired) electrons. The highest BCUT2D eigenvalue weighted by Gasteiger charge is 2.20. The number of aliphatic carboxylic acids is 1. The summed E-state index contributed by atoms with van der Waals surface area (Å²) in [6.45, 7) is 3.86. The van der Waals surface area contributed by atoms with Gasteiger partial charge in [0, 0.05) is 23.0 Å². The number of hydrogen-bond acceptors (Lipinski definition) is 4. The summed E-state index contributed by atoms with van der Waals surface area (Å²) >= 11 is 11.8. The van der Waals surface area contributed by atoms with E-state index in [1.165, 1.54) is 0 Å². The molecule has 0 saturated heterocycles. The Morgan fingerprint density at radius 1 is 1.03 bits per heavy atom. The van der Waals surface area contributed by atoms with Gasteiger partial charge in [0.15, 0.2) is 6.10 Å². The number of ether oxygens (including phenoxy) is 2. The van der Waals surface area contributed by atoms with Crippen LogP contribution in [-0.4, -0.2) is 29.4 Å². The zero-order valence-corrected chi connectivity index (χ0v) is 17.7. The van der Waals surface area contributed by atoms with E-state index in [1.54, 1.807) is 38.1 Å². The lowest BCUT2D eigenvalue weighted by Crippen LogP contribution is -2.29. The van der Waals surface area contributed by atoms with E-state index in [4.69, 9.17) is 32.7 Å². The third-order valence-corrected chi connectivity index (χ3v) is 4.29. The quantitative estimate of drug-likeness (QED) is 0.583. The largest absolute Gasteiger partial charge is 0.479 e. The molecule has 0 heterocycles. The second kappa shape index (κ2) is 11.0. The van der Waals surface area contributed by atoms with Crippen LogP contribution < -0.4 is 5.32 Å². The molecule has 0 unspecified atom stereocenters. The molecule has 0 aliphatic heterocycles. The van der Waals surface area contributed by atoms with Gasteiger partial charge in [0.2, 0.25) is 0 Å². The van der Waals surface area contributed by atoms with Crippen molar-refractivity contribution in [3.05, 3.63) is 69.2 Å². The molecule has 0 aromatic heterocycles. The van der Waals surface area contributed by atoms with Crippen LogP contribution in [-0.2, 0) is 33.8 Å². The number of carboxylic acid groups (broad SMARTS) is 1. The fourth-order valence-corrected chi connectivity index (χ4v) is 3.24. The first kappa shape index (κ1) is 23.0. The molecule has 2 aromatic carbocycles. The maximum absolute atomic E-state index is 11.9. The average molecular weight is 440 g/mol. The first-order valence-electron chi connectivity index (χ1n) is 9.04. The molecule has 0 fully saturated rings.